The highest BCUT2D eigenvalue weighted by Crippen LogP contribution is 2.30. The maximum absolute atomic E-state index is 12.5. The van der Waals surface area contributed by atoms with Crippen LogP contribution in [0.15, 0.2) is 42.0 Å². The molecule has 3 rings (SSSR count). The largest absolute Gasteiger partial charge is 0.492 e. The van der Waals surface area contributed by atoms with Gasteiger partial charge < -0.3 is 10.1 Å². The molecule has 0 aliphatic rings. The third kappa shape index (κ3) is 3.70. The lowest BCUT2D eigenvalue weighted by molar-refractivity contribution is -0.137. The molecule has 0 saturated heterocycles. The lowest BCUT2D eigenvalue weighted by atomic mass is 10.2. The Labute approximate surface area is 134 Å². The van der Waals surface area contributed by atoms with Crippen molar-refractivity contribution in [3.8, 4) is 5.75 Å². The fraction of sp³-hybridized carbons (Fsp3) is 0.200. The summed E-state index contributed by atoms with van der Waals surface area (Å²) < 4.78 is 43.7. The van der Waals surface area contributed by atoms with Crippen molar-refractivity contribution in [1.29, 1.82) is 0 Å². The monoisotopic (exact) mass is 339 g/mol. The number of halogens is 3. The van der Waals surface area contributed by atoms with Crippen molar-refractivity contribution in [3.63, 3.8) is 0 Å². The van der Waals surface area contributed by atoms with Crippen LogP contribution in [0.25, 0.3) is 10.2 Å². The van der Waals surface area contributed by atoms with Crippen molar-refractivity contribution in [3.05, 3.63) is 47.6 Å². The molecule has 0 bridgehead atoms. The predicted octanol–water partition coefficient (Wildman–Crippen LogP) is 4.20. The van der Waals surface area contributed by atoms with Gasteiger partial charge in [-0.25, -0.2) is 9.97 Å². The summed E-state index contributed by atoms with van der Waals surface area (Å²) in [6, 6.07) is 6.53. The number of ether oxygens (including phenoxy) is 1. The van der Waals surface area contributed by atoms with Gasteiger partial charge in [0, 0.05) is 0 Å². The minimum Gasteiger partial charge on any atom is -0.492 e. The van der Waals surface area contributed by atoms with Gasteiger partial charge in [0.2, 0.25) is 0 Å². The van der Waals surface area contributed by atoms with Gasteiger partial charge in [-0.15, -0.1) is 11.3 Å². The van der Waals surface area contributed by atoms with E-state index in [4.69, 9.17) is 4.74 Å². The highest BCUT2D eigenvalue weighted by Gasteiger charge is 2.29. The Morgan fingerprint density at radius 2 is 1.87 bits per heavy atom. The number of alkyl halides is 3. The SMILES string of the molecule is FC(F)(F)c1ccc(OCCNc2ncnc3ccsc23)cc1. The van der Waals surface area contributed by atoms with Crippen LogP contribution in [0.5, 0.6) is 5.75 Å². The molecule has 0 atom stereocenters. The van der Waals surface area contributed by atoms with Crippen molar-refractivity contribution >= 4 is 27.4 Å². The minimum atomic E-state index is -4.33. The second-order valence-corrected chi connectivity index (χ2v) is 5.57. The predicted molar refractivity (Wildman–Crippen MR) is 82.8 cm³/mol. The quantitative estimate of drug-likeness (QED) is 0.708. The van der Waals surface area contributed by atoms with Crippen LogP contribution in [-0.4, -0.2) is 23.1 Å². The first-order chi connectivity index (χ1) is 11.0. The average Bonchev–Trinajstić information content (AvgIpc) is 3.00. The van der Waals surface area contributed by atoms with E-state index in [1.165, 1.54) is 29.8 Å². The second kappa shape index (κ2) is 6.41. The van der Waals surface area contributed by atoms with Gasteiger partial charge in [0.25, 0.3) is 0 Å². The summed E-state index contributed by atoms with van der Waals surface area (Å²) in [6.07, 6.45) is -2.85. The van der Waals surface area contributed by atoms with Crippen LogP contribution in [0.1, 0.15) is 5.56 Å². The Morgan fingerprint density at radius 3 is 2.61 bits per heavy atom. The van der Waals surface area contributed by atoms with Crippen molar-refractivity contribution in [2.75, 3.05) is 18.5 Å². The maximum Gasteiger partial charge on any atom is 0.416 e. The van der Waals surface area contributed by atoms with Crippen LogP contribution in [0.2, 0.25) is 0 Å². The first-order valence-electron chi connectivity index (χ1n) is 6.76. The molecular weight excluding hydrogens is 327 g/mol. The summed E-state index contributed by atoms with van der Waals surface area (Å²) in [5.41, 5.74) is 0.181. The van der Waals surface area contributed by atoms with E-state index >= 15 is 0 Å². The van der Waals surface area contributed by atoms with Crippen LogP contribution in [0.3, 0.4) is 0 Å². The number of nitrogens with one attached hydrogen (secondary N) is 1. The molecule has 0 saturated carbocycles. The number of nitrogens with zero attached hydrogens (tertiary/aromatic N) is 2. The second-order valence-electron chi connectivity index (χ2n) is 4.65. The zero-order valence-electron chi connectivity index (χ0n) is 11.8. The normalized spacial score (nSPS) is 11.6. The fourth-order valence-electron chi connectivity index (χ4n) is 1.99. The number of anilines is 1. The molecule has 23 heavy (non-hydrogen) atoms. The summed E-state index contributed by atoms with van der Waals surface area (Å²) in [6.45, 7) is 0.785. The van der Waals surface area contributed by atoms with E-state index in [2.05, 4.69) is 15.3 Å². The van der Waals surface area contributed by atoms with E-state index in [-0.39, 0.29) is 0 Å². The molecule has 0 radical (unpaired) electrons. The van der Waals surface area contributed by atoms with Gasteiger partial charge in [-0.2, -0.15) is 13.2 Å². The molecule has 2 heterocycles. The van der Waals surface area contributed by atoms with E-state index < -0.39 is 11.7 Å². The third-order valence-electron chi connectivity index (χ3n) is 3.09. The third-order valence-corrected chi connectivity index (χ3v) is 4.00. The van der Waals surface area contributed by atoms with Crippen LogP contribution in [-0.2, 0) is 6.18 Å². The van der Waals surface area contributed by atoms with Crippen LogP contribution in [0, 0.1) is 0 Å². The molecule has 1 aromatic carbocycles. The molecule has 0 amide bonds. The molecule has 0 aliphatic carbocycles. The van der Waals surface area contributed by atoms with Crippen molar-refractivity contribution in [2.45, 2.75) is 6.18 Å². The molecule has 0 spiro atoms. The first-order valence-corrected chi connectivity index (χ1v) is 7.64. The van der Waals surface area contributed by atoms with Gasteiger partial charge >= 0.3 is 6.18 Å². The Bertz CT molecular complexity index is 787. The fourth-order valence-corrected chi connectivity index (χ4v) is 2.80. The van der Waals surface area contributed by atoms with Gasteiger partial charge in [0.05, 0.1) is 22.3 Å². The number of hydrogen-bond donors (Lipinski definition) is 1. The summed E-state index contributed by atoms with van der Waals surface area (Å²) in [5, 5.41) is 5.07. The molecule has 120 valence electrons. The highest BCUT2D eigenvalue weighted by atomic mass is 32.1. The summed E-state index contributed by atoms with van der Waals surface area (Å²) in [4.78, 5) is 8.31. The summed E-state index contributed by atoms with van der Waals surface area (Å²) >= 11 is 1.54. The van der Waals surface area contributed by atoms with Gasteiger partial charge in [-0.1, -0.05) is 0 Å². The highest BCUT2D eigenvalue weighted by molar-refractivity contribution is 7.17. The Morgan fingerprint density at radius 1 is 1.09 bits per heavy atom. The number of benzene rings is 1. The summed E-state index contributed by atoms with van der Waals surface area (Å²) in [7, 11) is 0. The van der Waals surface area contributed by atoms with E-state index in [1.807, 2.05) is 11.4 Å². The number of thiophene rings is 1. The van der Waals surface area contributed by atoms with Crippen molar-refractivity contribution in [2.24, 2.45) is 0 Å². The number of fused-ring (bicyclic) bond motifs is 1. The Balaban J connectivity index is 1.53. The topological polar surface area (TPSA) is 47.0 Å². The van der Waals surface area contributed by atoms with Gasteiger partial charge in [0.1, 0.15) is 24.5 Å². The number of hydrogen-bond acceptors (Lipinski definition) is 5. The van der Waals surface area contributed by atoms with Crippen LogP contribution in [0.4, 0.5) is 19.0 Å². The van der Waals surface area contributed by atoms with Gasteiger partial charge in [0.15, 0.2) is 0 Å². The van der Waals surface area contributed by atoms with Crippen molar-refractivity contribution in [1.82, 2.24) is 9.97 Å². The smallest absolute Gasteiger partial charge is 0.416 e. The number of aromatic nitrogens is 2. The Kier molecular flexibility index (Phi) is 4.33. The zero-order chi connectivity index (χ0) is 16.3. The van der Waals surface area contributed by atoms with Gasteiger partial charge in [-0.05, 0) is 35.7 Å². The average molecular weight is 339 g/mol. The van der Waals surface area contributed by atoms with Crippen LogP contribution >= 0.6 is 11.3 Å². The lowest BCUT2D eigenvalue weighted by Crippen LogP contribution is -2.12. The molecule has 0 aliphatic heterocycles. The van der Waals surface area contributed by atoms with E-state index in [1.54, 1.807) is 0 Å². The van der Waals surface area contributed by atoms with E-state index in [0.717, 1.165) is 28.2 Å². The number of rotatable bonds is 5. The molecule has 0 unspecified atom stereocenters. The molecule has 3 aromatic rings. The molecular formula is C15H12F3N3OS. The summed E-state index contributed by atoms with van der Waals surface area (Å²) in [5.74, 6) is 1.12. The molecule has 1 N–H and O–H groups in total. The van der Waals surface area contributed by atoms with E-state index in [0.29, 0.717) is 18.9 Å². The molecule has 2 aromatic heterocycles. The zero-order valence-corrected chi connectivity index (χ0v) is 12.6. The molecule has 4 nitrogen and oxygen atoms in total. The van der Waals surface area contributed by atoms with Crippen molar-refractivity contribution < 1.29 is 17.9 Å². The maximum atomic E-state index is 12.5. The van der Waals surface area contributed by atoms with Gasteiger partial charge in [-0.3, -0.25) is 0 Å². The standard InChI is InChI=1S/C15H12F3N3OS/c16-15(17,18)10-1-3-11(4-2-10)22-7-6-19-14-13-12(5-8-23-13)20-9-21-14/h1-5,8-9H,6-7H2,(H,19,20,21). The van der Waals surface area contributed by atoms with E-state index in [9.17, 15) is 13.2 Å². The van der Waals surface area contributed by atoms with Crippen LogP contribution < -0.4 is 10.1 Å². The Hall–Kier alpha value is -2.35. The minimum absolute atomic E-state index is 0.308. The molecule has 0 fully saturated rings. The lowest BCUT2D eigenvalue weighted by Gasteiger charge is -2.10. The molecule has 8 heteroatoms. The first kappa shape index (κ1) is 15.5.